The highest BCUT2D eigenvalue weighted by Gasteiger charge is 2.22. The molecule has 4 nitrogen and oxygen atoms in total. The van der Waals surface area contributed by atoms with Crippen molar-refractivity contribution in [2.24, 2.45) is 0 Å². The predicted molar refractivity (Wildman–Crippen MR) is 258 cm³/mol. The molecule has 0 saturated carbocycles. The van der Waals surface area contributed by atoms with Crippen molar-refractivity contribution < 1.29 is 0 Å². The molecule has 9 aromatic carbocycles. The fourth-order valence-electron chi connectivity index (χ4n) is 9.29. The number of nitrogens with zero attached hydrogens (tertiary/aromatic N) is 4. The maximum absolute atomic E-state index is 5.51. The lowest BCUT2D eigenvalue weighted by Crippen LogP contribution is -2.00. The monoisotopic (exact) mass is 790 g/mol. The zero-order chi connectivity index (χ0) is 41.0. The fraction of sp³-hybridized carbons (Fsp3) is 0. The van der Waals surface area contributed by atoms with Crippen LogP contribution in [0.15, 0.2) is 231 Å². The Balaban J connectivity index is 1.05. The summed E-state index contributed by atoms with van der Waals surface area (Å²) < 4.78 is 4.72. The number of hydrogen-bond acceptors (Lipinski definition) is 2. The molecule has 0 aliphatic rings. The minimum absolute atomic E-state index is 0.685. The Morgan fingerprint density at radius 3 is 1.58 bits per heavy atom. The molecule has 0 radical (unpaired) electrons. The molecular formula is C58H38N4. The van der Waals surface area contributed by atoms with Gasteiger partial charge in [-0.1, -0.05) is 182 Å². The summed E-state index contributed by atoms with van der Waals surface area (Å²) in [5, 5.41) is 3.51. The fourth-order valence-corrected chi connectivity index (χ4v) is 9.29. The molecule has 3 aromatic heterocycles. The van der Waals surface area contributed by atoms with Crippen LogP contribution >= 0.6 is 0 Å². The molecule has 0 aliphatic carbocycles. The van der Waals surface area contributed by atoms with Crippen molar-refractivity contribution in [2.75, 3.05) is 0 Å². The number of fused-ring (bicyclic) bond motifs is 6. The van der Waals surface area contributed by atoms with Crippen LogP contribution in [0.4, 0.5) is 0 Å². The van der Waals surface area contributed by atoms with E-state index in [2.05, 4.69) is 240 Å². The van der Waals surface area contributed by atoms with Crippen molar-refractivity contribution in [1.82, 2.24) is 19.1 Å². The highest BCUT2D eigenvalue weighted by molar-refractivity contribution is 6.16. The lowest BCUT2D eigenvalue weighted by atomic mass is 9.97. The Bertz CT molecular complexity index is 3600. The van der Waals surface area contributed by atoms with Crippen LogP contribution in [0.1, 0.15) is 0 Å². The molecule has 12 aromatic rings. The van der Waals surface area contributed by atoms with Gasteiger partial charge >= 0.3 is 0 Å². The maximum Gasteiger partial charge on any atom is 0.160 e. The van der Waals surface area contributed by atoms with Crippen LogP contribution < -0.4 is 0 Å². The van der Waals surface area contributed by atoms with Gasteiger partial charge in [-0.15, -0.1) is 0 Å². The summed E-state index contributed by atoms with van der Waals surface area (Å²) in [6, 6.07) is 82.0. The molecule has 0 bridgehead atoms. The Hall–Kier alpha value is -8.34. The molecule has 3 heterocycles. The van der Waals surface area contributed by atoms with Crippen LogP contribution in [0.3, 0.4) is 0 Å². The van der Waals surface area contributed by atoms with E-state index in [0.717, 1.165) is 72.3 Å². The predicted octanol–water partition coefficient (Wildman–Crippen LogP) is 15.0. The Morgan fingerprint density at radius 1 is 0.306 bits per heavy atom. The summed E-state index contributed by atoms with van der Waals surface area (Å²) in [4.78, 5) is 11.0. The average molecular weight is 791 g/mol. The minimum atomic E-state index is 0.685. The van der Waals surface area contributed by atoms with Crippen LogP contribution in [0.25, 0.3) is 111 Å². The van der Waals surface area contributed by atoms with Crippen molar-refractivity contribution in [2.45, 2.75) is 0 Å². The third-order valence-corrected chi connectivity index (χ3v) is 12.1. The summed E-state index contributed by atoms with van der Waals surface area (Å²) >= 11 is 0. The summed E-state index contributed by atoms with van der Waals surface area (Å²) in [6.45, 7) is 0. The molecule has 4 heteroatoms. The molecule has 290 valence electrons. The van der Waals surface area contributed by atoms with Gasteiger partial charge in [0.2, 0.25) is 0 Å². The summed E-state index contributed by atoms with van der Waals surface area (Å²) in [6.07, 6.45) is 0. The highest BCUT2D eigenvalue weighted by atomic mass is 15.0. The summed E-state index contributed by atoms with van der Waals surface area (Å²) in [7, 11) is 0. The van der Waals surface area contributed by atoms with E-state index in [0.29, 0.717) is 5.82 Å². The van der Waals surface area contributed by atoms with Crippen LogP contribution in [0.2, 0.25) is 0 Å². The smallest absolute Gasteiger partial charge is 0.160 e. The Labute approximate surface area is 359 Å². The molecule has 0 N–H and O–H groups in total. The first-order valence-electron chi connectivity index (χ1n) is 21.1. The van der Waals surface area contributed by atoms with Gasteiger partial charge in [0.1, 0.15) is 5.52 Å². The van der Waals surface area contributed by atoms with Gasteiger partial charge in [0.05, 0.1) is 27.8 Å². The minimum Gasteiger partial charge on any atom is -0.309 e. The van der Waals surface area contributed by atoms with E-state index >= 15 is 0 Å². The second kappa shape index (κ2) is 14.7. The van der Waals surface area contributed by atoms with Crippen LogP contribution in [-0.4, -0.2) is 19.1 Å². The zero-order valence-corrected chi connectivity index (χ0v) is 33.7. The van der Waals surface area contributed by atoms with Gasteiger partial charge in [0.25, 0.3) is 0 Å². The lowest BCUT2D eigenvalue weighted by Gasteiger charge is -2.13. The van der Waals surface area contributed by atoms with Crippen LogP contribution in [0.5, 0.6) is 0 Å². The van der Waals surface area contributed by atoms with Gasteiger partial charge in [-0.05, 0) is 81.9 Å². The molecule has 0 spiro atoms. The first-order valence-corrected chi connectivity index (χ1v) is 21.1. The third-order valence-electron chi connectivity index (χ3n) is 12.1. The molecule has 0 saturated heterocycles. The van der Waals surface area contributed by atoms with Crippen LogP contribution in [0, 0.1) is 0 Å². The first kappa shape index (κ1) is 35.6. The van der Waals surface area contributed by atoms with Crippen molar-refractivity contribution in [1.29, 1.82) is 0 Å². The average Bonchev–Trinajstić information content (AvgIpc) is 3.88. The van der Waals surface area contributed by atoms with E-state index in [1.54, 1.807) is 0 Å². The van der Waals surface area contributed by atoms with Crippen molar-refractivity contribution in [3.8, 4) is 67.4 Å². The number of benzene rings is 9. The largest absolute Gasteiger partial charge is 0.309 e. The van der Waals surface area contributed by atoms with E-state index in [-0.39, 0.29) is 0 Å². The zero-order valence-electron chi connectivity index (χ0n) is 33.7. The molecule has 12 rings (SSSR count). The highest BCUT2D eigenvalue weighted by Crippen LogP contribution is 2.42. The van der Waals surface area contributed by atoms with Gasteiger partial charge in [0, 0.05) is 38.7 Å². The summed E-state index contributed by atoms with van der Waals surface area (Å²) in [5.74, 6) is 0.685. The van der Waals surface area contributed by atoms with E-state index in [1.165, 1.54) is 33.0 Å². The quantitative estimate of drug-likeness (QED) is 0.161. The molecule has 0 amide bonds. The topological polar surface area (TPSA) is 35.6 Å². The third kappa shape index (κ3) is 5.92. The standard InChI is InChI=1S/C58H38N4/c1-4-17-39(18-5-1)41-33-35-42(36-34-41)55-57-56(50-28-11-13-31-52(50)62(57)46-24-8-3-9-25-46)60-58(59-55)45-23-14-22-44(37-45)48-29-16-32-53-54(48)49-27-10-12-30-51(49)61(53)47-26-15-21-43(38-47)40-19-6-2-7-20-40/h1-38H. The number of hydrogen-bond donors (Lipinski definition) is 0. The SMILES string of the molecule is c1ccc(-c2ccc(-c3nc(-c4cccc(-c5cccc6c5c5ccccc5n6-c5cccc(-c6ccccc6)c5)c4)nc4c5ccccc5n(-c5ccccc5)c34)cc2)cc1. The Kier molecular flexibility index (Phi) is 8.46. The van der Waals surface area contributed by atoms with E-state index in [4.69, 9.17) is 9.97 Å². The second-order valence-electron chi connectivity index (χ2n) is 15.8. The van der Waals surface area contributed by atoms with Crippen molar-refractivity contribution in [3.05, 3.63) is 231 Å². The molecule has 0 aliphatic heterocycles. The van der Waals surface area contributed by atoms with Crippen molar-refractivity contribution in [3.63, 3.8) is 0 Å². The normalized spacial score (nSPS) is 11.5. The van der Waals surface area contributed by atoms with E-state index in [1.807, 2.05) is 0 Å². The van der Waals surface area contributed by atoms with E-state index in [9.17, 15) is 0 Å². The van der Waals surface area contributed by atoms with Crippen LogP contribution in [-0.2, 0) is 0 Å². The summed E-state index contributed by atoms with van der Waals surface area (Å²) in [5.41, 5.74) is 17.4. The molecule has 0 unspecified atom stereocenters. The Morgan fingerprint density at radius 2 is 0.823 bits per heavy atom. The number of rotatable bonds is 7. The van der Waals surface area contributed by atoms with Gasteiger partial charge < -0.3 is 9.13 Å². The lowest BCUT2D eigenvalue weighted by molar-refractivity contribution is 1.15. The number of aromatic nitrogens is 4. The van der Waals surface area contributed by atoms with E-state index < -0.39 is 0 Å². The maximum atomic E-state index is 5.51. The van der Waals surface area contributed by atoms with Gasteiger partial charge in [-0.2, -0.15) is 0 Å². The molecule has 0 atom stereocenters. The van der Waals surface area contributed by atoms with Crippen molar-refractivity contribution >= 4 is 43.7 Å². The first-order chi connectivity index (χ1) is 30.8. The molecule has 62 heavy (non-hydrogen) atoms. The van der Waals surface area contributed by atoms with Gasteiger partial charge in [-0.3, -0.25) is 0 Å². The van der Waals surface area contributed by atoms with Gasteiger partial charge in [-0.25, -0.2) is 9.97 Å². The molecule has 0 fully saturated rings. The van der Waals surface area contributed by atoms with Gasteiger partial charge in [0.15, 0.2) is 5.82 Å². The molecular weight excluding hydrogens is 753 g/mol. The number of para-hydroxylation sites is 3. The second-order valence-corrected chi connectivity index (χ2v) is 15.8.